The molecule has 61 heavy (non-hydrogen) atoms. The van der Waals surface area contributed by atoms with Crippen molar-refractivity contribution in [2.45, 2.75) is 39.5 Å². The van der Waals surface area contributed by atoms with E-state index in [0.717, 1.165) is 56.9 Å². The summed E-state index contributed by atoms with van der Waals surface area (Å²) in [7, 11) is 0. The van der Waals surface area contributed by atoms with Crippen LogP contribution in [0.15, 0.2) is 147 Å². The number of carbonyl (C=O) groups is 2. The second-order valence-electron chi connectivity index (χ2n) is 15.9. The summed E-state index contributed by atoms with van der Waals surface area (Å²) in [5.41, 5.74) is 3.20. The summed E-state index contributed by atoms with van der Waals surface area (Å²) in [6, 6.07) is 42.8. The van der Waals surface area contributed by atoms with Crippen molar-refractivity contribution in [1.82, 2.24) is 0 Å². The molecule has 0 saturated heterocycles. The fraction of sp³-hybridized carbons (Fsp3) is 0.115. The first-order valence-corrected chi connectivity index (χ1v) is 22.4. The number of carbonyl (C=O) groups excluding carboxylic acids is 2. The summed E-state index contributed by atoms with van der Waals surface area (Å²) >= 11 is 10.7. The number of hydrogen-bond acceptors (Lipinski definition) is 5. The van der Waals surface area contributed by atoms with E-state index in [9.17, 15) is 0 Å². The highest BCUT2D eigenvalue weighted by Crippen LogP contribution is 2.54. The number of amides is 2. The van der Waals surface area contributed by atoms with Crippen molar-refractivity contribution in [3.8, 4) is 34.5 Å². The Hall–Kier alpha value is -5.74. The van der Waals surface area contributed by atoms with Crippen LogP contribution in [0.25, 0.3) is 43.1 Å². The molecule has 0 saturated carbocycles. The Morgan fingerprint density at radius 1 is 0.426 bits per heavy atom. The first kappa shape index (κ1) is 39.4. The Balaban J connectivity index is 1.34. The molecular weight excluding hydrogens is 958 g/mol. The van der Waals surface area contributed by atoms with Crippen molar-refractivity contribution in [2.75, 3.05) is 4.90 Å². The predicted molar refractivity (Wildman–Crippen MR) is 256 cm³/mol. The lowest BCUT2D eigenvalue weighted by atomic mass is 9.83. The molecule has 0 atom stereocenters. The molecule has 2 amide bonds. The molecular formula is C52H36Br3NO5. The lowest BCUT2D eigenvalue weighted by Gasteiger charge is -2.33. The summed E-state index contributed by atoms with van der Waals surface area (Å²) in [5, 5.41) is 6.33. The molecule has 9 heteroatoms. The number of benzene rings is 9. The first-order valence-electron chi connectivity index (χ1n) is 20.0. The van der Waals surface area contributed by atoms with Gasteiger partial charge in [0.1, 0.15) is 34.5 Å². The van der Waals surface area contributed by atoms with Gasteiger partial charge in [0.15, 0.2) is 0 Å². The van der Waals surface area contributed by atoms with Crippen LogP contribution < -0.4 is 19.1 Å². The van der Waals surface area contributed by atoms with Crippen LogP contribution >= 0.6 is 47.8 Å². The van der Waals surface area contributed by atoms with E-state index in [2.05, 4.69) is 87.6 Å². The molecule has 0 unspecified atom stereocenters. The molecule has 9 aromatic rings. The van der Waals surface area contributed by atoms with E-state index in [1.54, 1.807) is 0 Å². The number of nitrogens with zero attached hydrogens (tertiary/aromatic N) is 1. The maximum atomic E-state index is 15.4. The van der Waals surface area contributed by atoms with Crippen LogP contribution in [0.5, 0.6) is 34.5 Å². The SMILES string of the molecule is CC(C)c1cccc(C(C)C)c1N1C(=O)c2cc(Oc3ccc(Br)cc3)c3c4cccc5c(Oc6ccc(Br)cc6)ccc(c6c(Oc7ccc(Br)cc7)cc(c2c36)C1=O)c54. The van der Waals surface area contributed by atoms with E-state index >= 15 is 9.59 Å². The Morgan fingerprint density at radius 3 is 1.30 bits per heavy atom. The van der Waals surface area contributed by atoms with Crippen LogP contribution in [-0.2, 0) is 0 Å². The van der Waals surface area contributed by atoms with Gasteiger partial charge >= 0.3 is 0 Å². The van der Waals surface area contributed by atoms with Crippen molar-refractivity contribution in [3.05, 3.63) is 169 Å². The molecule has 1 aliphatic heterocycles. The number of fused-ring (bicyclic) bond motifs is 2. The number of imide groups is 1. The van der Waals surface area contributed by atoms with Gasteiger partial charge in [-0.15, -0.1) is 0 Å². The van der Waals surface area contributed by atoms with Crippen LogP contribution in [0.3, 0.4) is 0 Å². The number of halogens is 3. The molecule has 0 fully saturated rings. The Labute approximate surface area is 377 Å². The van der Waals surface area contributed by atoms with Crippen LogP contribution in [-0.4, -0.2) is 11.8 Å². The fourth-order valence-corrected chi connectivity index (χ4v) is 9.49. The van der Waals surface area contributed by atoms with Crippen molar-refractivity contribution in [2.24, 2.45) is 0 Å². The topological polar surface area (TPSA) is 65.1 Å². The van der Waals surface area contributed by atoms with Gasteiger partial charge in [-0.1, -0.05) is 112 Å². The molecule has 0 radical (unpaired) electrons. The van der Waals surface area contributed by atoms with Gasteiger partial charge in [-0.2, -0.15) is 0 Å². The summed E-state index contributed by atoms with van der Waals surface area (Å²) in [5.74, 6) is 2.74. The first-order chi connectivity index (χ1) is 29.5. The summed E-state index contributed by atoms with van der Waals surface area (Å²) in [6.45, 7) is 8.34. The molecule has 1 aliphatic rings. The third-order valence-electron chi connectivity index (χ3n) is 11.4. The summed E-state index contributed by atoms with van der Waals surface area (Å²) < 4.78 is 23.1. The average Bonchev–Trinajstić information content (AvgIpc) is 3.25. The zero-order chi connectivity index (χ0) is 42.3. The third kappa shape index (κ3) is 6.65. The Kier molecular flexibility index (Phi) is 9.89. The maximum Gasteiger partial charge on any atom is 0.266 e. The minimum absolute atomic E-state index is 0.0355. The van der Waals surface area contributed by atoms with E-state index in [0.29, 0.717) is 62.1 Å². The molecule has 0 aliphatic carbocycles. The van der Waals surface area contributed by atoms with Crippen molar-refractivity contribution < 1.29 is 23.8 Å². The minimum Gasteiger partial charge on any atom is -0.457 e. The number of ether oxygens (including phenoxy) is 3. The van der Waals surface area contributed by atoms with E-state index in [-0.39, 0.29) is 11.8 Å². The number of anilines is 1. The second kappa shape index (κ2) is 15.3. The van der Waals surface area contributed by atoms with Gasteiger partial charge in [-0.3, -0.25) is 9.59 Å². The molecule has 0 aromatic heterocycles. The monoisotopic (exact) mass is 991 g/mol. The maximum absolute atomic E-state index is 15.4. The van der Waals surface area contributed by atoms with Crippen LogP contribution in [0, 0.1) is 0 Å². The van der Waals surface area contributed by atoms with Gasteiger partial charge in [0.25, 0.3) is 11.8 Å². The lowest BCUT2D eigenvalue weighted by molar-refractivity contribution is 0.0892. The van der Waals surface area contributed by atoms with E-state index in [4.69, 9.17) is 14.2 Å². The molecule has 0 bridgehead atoms. The van der Waals surface area contributed by atoms with Crippen molar-refractivity contribution in [3.63, 3.8) is 0 Å². The summed E-state index contributed by atoms with van der Waals surface area (Å²) in [4.78, 5) is 32.2. The largest absolute Gasteiger partial charge is 0.457 e. The van der Waals surface area contributed by atoms with Gasteiger partial charge in [0.05, 0.1) is 16.8 Å². The van der Waals surface area contributed by atoms with Gasteiger partial charge in [-0.05, 0) is 131 Å². The van der Waals surface area contributed by atoms with Crippen molar-refractivity contribution >= 4 is 108 Å². The highest BCUT2D eigenvalue weighted by atomic mass is 79.9. The molecule has 10 rings (SSSR count). The Bertz CT molecular complexity index is 3090. The van der Waals surface area contributed by atoms with E-state index < -0.39 is 11.8 Å². The highest BCUT2D eigenvalue weighted by Gasteiger charge is 2.40. The van der Waals surface area contributed by atoms with Crippen LogP contribution in [0.4, 0.5) is 5.69 Å². The highest BCUT2D eigenvalue weighted by molar-refractivity contribution is 9.11. The molecule has 0 spiro atoms. The van der Waals surface area contributed by atoms with E-state index in [1.807, 2.05) is 121 Å². The molecule has 1 heterocycles. The zero-order valence-electron chi connectivity index (χ0n) is 33.5. The number of hydrogen-bond donors (Lipinski definition) is 0. The molecule has 0 N–H and O–H groups in total. The summed E-state index contributed by atoms with van der Waals surface area (Å²) in [6.07, 6.45) is 0. The number of para-hydroxylation sites is 1. The number of rotatable bonds is 9. The zero-order valence-corrected chi connectivity index (χ0v) is 38.2. The van der Waals surface area contributed by atoms with Gasteiger partial charge < -0.3 is 14.2 Å². The smallest absolute Gasteiger partial charge is 0.266 e. The van der Waals surface area contributed by atoms with Crippen LogP contribution in [0.1, 0.15) is 71.4 Å². The Morgan fingerprint density at radius 2 is 0.836 bits per heavy atom. The second-order valence-corrected chi connectivity index (χ2v) is 18.6. The van der Waals surface area contributed by atoms with Gasteiger partial charge in [-0.25, -0.2) is 4.90 Å². The third-order valence-corrected chi connectivity index (χ3v) is 13.0. The fourth-order valence-electron chi connectivity index (χ4n) is 8.70. The quantitative estimate of drug-likeness (QED) is 0.0819. The lowest BCUT2D eigenvalue weighted by Crippen LogP contribution is -2.42. The van der Waals surface area contributed by atoms with Crippen molar-refractivity contribution in [1.29, 1.82) is 0 Å². The average molecular weight is 995 g/mol. The molecule has 6 nitrogen and oxygen atoms in total. The standard InChI is InChI=1S/C52H36Br3NO5/c1-27(2)35-7-5-8-36(28(3)4)50(35)56-51(57)40-25-43(60-33-19-13-30(54)14-20-33)47-38-10-6-9-37-42(59-32-17-11-29(53)12-18-32)24-23-39(45(37)38)48-44(61-34-21-15-31(55)16-22-34)26-41(52(56)58)46(40)49(47)48/h5-28H,1-4H3. The molecule has 9 aromatic carbocycles. The predicted octanol–water partition coefficient (Wildman–Crippen LogP) is 16.4. The van der Waals surface area contributed by atoms with Gasteiger partial charge in [0.2, 0.25) is 0 Å². The minimum atomic E-state index is -0.408. The van der Waals surface area contributed by atoms with Gasteiger partial charge in [0, 0.05) is 45.7 Å². The molecule has 300 valence electrons. The van der Waals surface area contributed by atoms with E-state index in [1.165, 1.54) is 4.90 Å². The van der Waals surface area contributed by atoms with Crippen LogP contribution in [0.2, 0.25) is 0 Å². The normalized spacial score (nSPS) is 12.8.